The number of hydrazone groups is 1. The average molecular weight is 481 g/mol. The molecular weight excluding hydrogens is 459 g/mol. The summed E-state index contributed by atoms with van der Waals surface area (Å²) in [7, 11) is -4.01. The Morgan fingerprint density at radius 3 is 2.26 bits per heavy atom. The Bertz CT molecular complexity index is 1340. The zero-order chi connectivity index (χ0) is 24.1. The van der Waals surface area contributed by atoms with Crippen molar-refractivity contribution >= 4 is 38.9 Å². The third kappa shape index (κ3) is 5.46. The molecule has 10 heteroatoms. The second-order valence-electron chi connectivity index (χ2n) is 7.54. The number of para-hydroxylation sites is 2. The second kappa shape index (κ2) is 9.84. The minimum Gasteiger partial charge on any atom is -0.319 e. The molecule has 0 saturated carbocycles. The van der Waals surface area contributed by atoms with Crippen LogP contribution in [0.1, 0.15) is 18.4 Å². The van der Waals surface area contributed by atoms with Gasteiger partial charge in [-0.2, -0.15) is 5.10 Å². The smallest absolute Gasteiger partial charge is 0.271 e. The van der Waals surface area contributed by atoms with Crippen molar-refractivity contribution in [3.8, 4) is 0 Å². The Morgan fingerprint density at radius 2 is 1.56 bits per heavy atom. The van der Waals surface area contributed by atoms with E-state index >= 15 is 0 Å². The Kier molecular flexibility index (Phi) is 6.69. The molecule has 2 amide bonds. The largest absolute Gasteiger partial charge is 0.319 e. The molecule has 34 heavy (non-hydrogen) atoms. The summed E-state index contributed by atoms with van der Waals surface area (Å²) in [5.74, 6) is -1.29. The van der Waals surface area contributed by atoms with Gasteiger partial charge < -0.3 is 5.32 Å². The predicted octanol–water partition coefficient (Wildman–Crippen LogP) is 3.74. The molecule has 0 aliphatic carbocycles. The molecule has 0 atom stereocenters. The van der Waals surface area contributed by atoms with E-state index in [1.807, 2.05) is 30.3 Å². The fourth-order valence-corrected chi connectivity index (χ4v) is 4.42. The molecule has 8 nitrogen and oxygen atoms in total. The van der Waals surface area contributed by atoms with Crippen LogP contribution in [-0.2, 0) is 26.2 Å². The monoisotopic (exact) mass is 480 g/mol. The van der Waals surface area contributed by atoms with E-state index in [0.717, 1.165) is 29.8 Å². The fourth-order valence-electron chi connectivity index (χ4n) is 3.34. The molecule has 0 saturated heterocycles. The lowest BCUT2D eigenvalue weighted by Crippen LogP contribution is -2.36. The van der Waals surface area contributed by atoms with Gasteiger partial charge in [-0.05, 0) is 42.0 Å². The van der Waals surface area contributed by atoms with Gasteiger partial charge in [-0.1, -0.05) is 42.5 Å². The number of nitrogens with one attached hydrogen (secondary N) is 2. The van der Waals surface area contributed by atoms with Gasteiger partial charge in [-0.25, -0.2) is 17.8 Å². The van der Waals surface area contributed by atoms with Crippen molar-refractivity contribution in [3.05, 3.63) is 90.2 Å². The van der Waals surface area contributed by atoms with E-state index < -0.39 is 21.7 Å². The van der Waals surface area contributed by atoms with E-state index in [1.165, 1.54) is 17.1 Å². The summed E-state index contributed by atoms with van der Waals surface area (Å²) in [5, 5.41) is 8.16. The van der Waals surface area contributed by atoms with Crippen molar-refractivity contribution in [1.29, 1.82) is 0 Å². The first-order chi connectivity index (χ1) is 16.3. The van der Waals surface area contributed by atoms with Crippen molar-refractivity contribution in [2.75, 3.05) is 10.0 Å². The van der Waals surface area contributed by atoms with E-state index in [1.54, 1.807) is 12.1 Å². The van der Waals surface area contributed by atoms with E-state index in [-0.39, 0.29) is 47.3 Å². The highest BCUT2D eigenvalue weighted by molar-refractivity contribution is 7.92. The molecule has 0 radical (unpaired) electrons. The number of halogens is 1. The predicted molar refractivity (Wildman–Crippen MR) is 126 cm³/mol. The summed E-state index contributed by atoms with van der Waals surface area (Å²) in [6.07, 6.45) is 0.303. The van der Waals surface area contributed by atoms with E-state index in [9.17, 15) is 22.4 Å². The third-order valence-electron chi connectivity index (χ3n) is 5.09. The molecule has 3 aromatic carbocycles. The van der Waals surface area contributed by atoms with Crippen LogP contribution >= 0.6 is 0 Å². The van der Waals surface area contributed by atoms with Crippen LogP contribution in [0.15, 0.2) is 88.9 Å². The van der Waals surface area contributed by atoms with Gasteiger partial charge in [0, 0.05) is 12.8 Å². The molecule has 1 aliphatic rings. The van der Waals surface area contributed by atoms with Crippen LogP contribution in [0, 0.1) is 5.82 Å². The highest BCUT2D eigenvalue weighted by atomic mass is 32.2. The molecule has 0 unspecified atom stereocenters. The van der Waals surface area contributed by atoms with E-state index in [0.29, 0.717) is 0 Å². The molecule has 0 spiro atoms. The molecule has 1 aliphatic heterocycles. The van der Waals surface area contributed by atoms with Crippen LogP contribution < -0.4 is 10.0 Å². The maximum absolute atomic E-state index is 13.2. The molecule has 0 bridgehead atoms. The quantitative estimate of drug-likeness (QED) is 0.537. The summed E-state index contributed by atoms with van der Waals surface area (Å²) >= 11 is 0. The Hall–Kier alpha value is -4.05. The maximum Gasteiger partial charge on any atom is 0.271 e. The summed E-state index contributed by atoms with van der Waals surface area (Å²) in [5.41, 5.74) is 1.38. The average Bonchev–Trinajstić information content (AvgIpc) is 2.82. The van der Waals surface area contributed by atoms with Gasteiger partial charge in [-0.15, -0.1) is 0 Å². The number of amides is 2. The number of hydrogen-bond donors (Lipinski definition) is 2. The van der Waals surface area contributed by atoms with Crippen molar-refractivity contribution in [2.45, 2.75) is 24.3 Å². The zero-order valence-electron chi connectivity index (χ0n) is 17.9. The standard InChI is InChI=1S/C24H21FN4O4S/c25-18-10-12-19(13-11-18)34(32,33)28-21-9-5-4-8-20(21)26-24(31)22-14-15-23(30)29(27-22)16-17-6-2-1-3-7-17/h1-13,28H,14-16H2,(H,26,31). The first-order valence-electron chi connectivity index (χ1n) is 10.4. The molecule has 0 aromatic heterocycles. The summed E-state index contributed by atoms with van der Waals surface area (Å²) in [6, 6.07) is 20.0. The Balaban J connectivity index is 1.52. The van der Waals surface area contributed by atoms with Gasteiger partial charge in [0.05, 0.1) is 22.8 Å². The molecule has 2 N–H and O–H groups in total. The van der Waals surface area contributed by atoms with Gasteiger partial charge in [0.25, 0.3) is 15.9 Å². The normalized spacial score (nSPS) is 13.9. The molecule has 1 heterocycles. The van der Waals surface area contributed by atoms with Crippen molar-refractivity contribution in [3.63, 3.8) is 0 Å². The second-order valence-corrected chi connectivity index (χ2v) is 9.23. The van der Waals surface area contributed by atoms with Crippen molar-refractivity contribution in [2.24, 2.45) is 5.10 Å². The lowest BCUT2D eigenvalue weighted by Gasteiger charge is -2.23. The number of carbonyl (C=O) groups excluding carboxylic acids is 2. The number of hydrogen-bond acceptors (Lipinski definition) is 5. The lowest BCUT2D eigenvalue weighted by molar-refractivity contribution is -0.132. The van der Waals surface area contributed by atoms with Gasteiger partial charge in [0.1, 0.15) is 11.5 Å². The number of nitrogens with zero attached hydrogens (tertiary/aromatic N) is 2. The highest BCUT2D eigenvalue weighted by Crippen LogP contribution is 2.25. The van der Waals surface area contributed by atoms with Crippen molar-refractivity contribution in [1.82, 2.24) is 5.01 Å². The van der Waals surface area contributed by atoms with E-state index in [4.69, 9.17) is 0 Å². The van der Waals surface area contributed by atoms with Crippen LogP contribution in [0.5, 0.6) is 0 Å². The first kappa shape index (κ1) is 23.1. The van der Waals surface area contributed by atoms with Gasteiger partial charge >= 0.3 is 0 Å². The minimum absolute atomic E-state index is 0.123. The number of carbonyl (C=O) groups is 2. The first-order valence-corrected chi connectivity index (χ1v) is 11.9. The summed E-state index contributed by atoms with van der Waals surface area (Å²) in [4.78, 5) is 25.1. The molecule has 174 valence electrons. The number of benzene rings is 3. The van der Waals surface area contributed by atoms with Gasteiger partial charge in [0.2, 0.25) is 5.91 Å². The Labute approximate surface area is 196 Å². The number of rotatable bonds is 7. The molecular formula is C24H21FN4O4S. The third-order valence-corrected chi connectivity index (χ3v) is 6.47. The minimum atomic E-state index is -4.01. The van der Waals surface area contributed by atoms with Gasteiger partial charge in [-0.3, -0.25) is 14.3 Å². The van der Waals surface area contributed by atoms with E-state index in [2.05, 4.69) is 15.1 Å². The maximum atomic E-state index is 13.2. The molecule has 0 fully saturated rings. The van der Waals surface area contributed by atoms with Crippen LogP contribution in [0.3, 0.4) is 0 Å². The summed E-state index contributed by atoms with van der Waals surface area (Å²) < 4.78 is 41.0. The Morgan fingerprint density at radius 1 is 0.912 bits per heavy atom. The topological polar surface area (TPSA) is 108 Å². The highest BCUT2D eigenvalue weighted by Gasteiger charge is 2.25. The molecule has 3 aromatic rings. The van der Waals surface area contributed by atoms with Crippen molar-refractivity contribution < 1.29 is 22.4 Å². The lowest BCUT2D eigenvalue weighted by atomic mass is 10.1. The van der Waals surface area contributed by atoms with Crippen LogP contribution in [0.25, 0.3) is 0 Å². The van der Waals surface area contributed by atoms with Crippen LogP contribution in [-0.4, -0.2) is 31.0 Å². The van der Waals surface area contributed by atoms with Crippen LogP contribution in [0.4, 0.5) is 15.8 Å². The van der Waals surface area contributed by atoms with Gasteiger partial charge in [0.15, 0.2) is 0 Å². The summed E-state index contributed by atoms with van der Waals surface area (Å²) in [6.45, 7) is 0.241. The SMILES string of the molecule is O=C(Nc1ccccc1NS(=O)(=O)c1ccc(F)cc1)C1=NN(Cc2ccccc2)C(=O)CC1. The molecule has 4 rings (SSSR count). The number of anilines is 2. The number of sulfonamides is 1. The zero-order valence-corrected chi connectivity index (χ0v) is 18.8. The fraction of sp³-hybridized carbons (Fsp3) is 0.125. The van der Waals surface area contributed by atoms with Crippen LogP contribution in [0.2, 0.25) is 0 Å².